The molecule has 0 saturated heterocycles. The van der Waals surface area contributed by atoms with Crippen molar-refractivity contribution in [2.45, 2.75) is 31.1 Å². The molecule has 0 unspecified atom stereocenters. The van der Waals surface area contributed by atoms with E-state index in [1.807, 2.05) is 0 Å². The van der Waals surface area contributed by atoms with Gasteiger partial charge in [-0.25, -0.2) is 0 Å². The van der Waals surface area contributed by atoms with Crippen LogP contribution in [0.4, 0.5) is 0 Å². The Hall–Kier alpha value is -0.340. The molecule has 1 aromatic rings. The van der Waals surface area contributed by atoms with E-state index in [1.54, 1.807) is 7.11 Å². The smallest absolute Gasteiger partial charge is 0.0559 e. The molecule has 0 atom stereocenters. The van der Waals surface area contributed by atoms with Gasteiger partial charge in [0.05, 0.1) is 6.61 Å². The van der Waals surface area contributed by atoms with Gasteiger partial charge in [-0.3, -0.25) is 0 Å². The van der Waals surface area contributed by atoms with Gasteiger partial charge in [-0.2, -0.15) is 0 Å². The molecule has 0 spiro atoms. The molecule has 2 heteroatoms. The summed E-state index contributed by atoms with van der Waals surface area (Å²) in [7, 11) is 1.80. The molecule has 0 N–H and O–H groups in total. The molecule has 0 radical (unpaired) electrons. The zero-order valence-corrected chi connectivity index (χ0v) is 10.7. The number of halogens is 1. The molecule has 0 bridgehead atoms. The van der Waals surface area contributed by atoms with Crippen molar-refractivity contribution in [3.8, 4) is 0 Å². The van der Waals surface area contributed by atoms with Crippen molar-refractivity contribution in [2.24, 2.45) is 0 Å². The van der Waals surface area contributed by atoms with Crippen LogP contribution >= 0.6 is 15.9 Å². The molecule has 1 aliphatic carbocycles. The summed E-state index contributed by atoms with van der Waals surface area (Å²) in [5.41, 5.74) is 1.72. The van der Waals surface area contributed by atoms with E-state index in [0.29, 0.717) is 0 Å². The molecular formula is C13H17BrO. The van der Waals surface area contributed by atoms with Crippen molar-refractivity contribution in [1.29, 1.82) is 0 Å². The van der Waals surface area contributed by atoms with Crippen molar-refractivity contribution in [2.75, 3.05) is 13.7 Å². The Bertz CT molecular complexity index is 312. The minimum atomic E-state index is 0.287. The van der Waals surface area contributed by atoms with E-state index < -0.39 is 0 Å². The number of hydrogen-bond acceptors (Lipinski definition) is 1. The second-order valence-corrected chi connectivity index (χ2v) is 5.34. The van der Waals surface area contributed by atoms with Gasteiger partial charge >= 0.3 is 0 Å². The quantitative estimate of drug-likeness (QED) is 0.808. The van der Waals surface area contributed by atoms with Gasteiger partial charge in [-0.1, -0.05) is 40.9 Å². The van der Waals surface area contributed by atoms with Crippen LogP contribution in [0.5, 0.6) is 0 Å². The van der Waals surface area contributed by atoms with E-state index in [-0.39, 0.29) is 5.41 Å². The summed E-state index contributed by atoms with van der Waals surface area (Å²) in [5, 5.41) is 0. The van der Waals surface area contributed by atoms with Crippen LogP contribution in [0.25, 0.3) is 0 Å². The summed E-state index contributed by atoms with van der Waals surface area (Å²) in [6, 6.07) is 8.72. The summed E-state index contributed by atoms with van der Waals surface area (Å²) >= 11 is 3.48. The molecule has 0 amide bonds. The second-order valence-electron chi connectivity index (χ2n) is 4.43. The molecule has 15 heavy (non-hydrogen) atoms. The largest absolute Gasteiger partial charge is 0.384 e. The lowest BCUT2D eigenvalue weighted by molar-refractivity contribution is 0.131. The molecule has 2 rings (SSSR count). The molecule has 0 heterocycles. The predicted molar refractivity (Wildman–Crippen MR) is 66.2 cm³/mol. The Morgan fingerprint density at radius 2 is 1.80 bits per heavy atom. The first-order valence-corrected chi connectivity index (χ1v) is 6.31. The van der Waals surface area contributed by atoms with Crippen molar-refractivity contribution < 1.29 is 4.74 Å². The Morgan fingerprint density at radius 1 is 1.20 bits per heavy atom. The summed E-state index contributed by atoms with van der Waals surface area (Å²) in [6.07, 6.45) is 5.20. The first-order chi connectivity index (χ1) is 7.27. The van der Waals surface area contributed by atoms with E-state index in [9.17, 15) is 0 Å². The molecule has 1 saturated carbocycles. The van der Waals surface area contributed by atoms with E-state index >= 15 is 0 Å². The lowest BCUT2D eigenvalue weighted by atomic mass is 9.80. The SMILES string of the molecule is COCC1(c2ccc(Br)cc2)CCCC1. The van der Waals surface area contributed by atoms with Gasteiger partial charge in [-0.05, 0) is 30.5 Å². The number of benzene rings is 1. The minimum absolute atomic E-state index is 0.287. The zero-order valence-electron chi connectivity index (χ0n) is 9.13. The van der Waals surface area contributed by atoms with Crippen LogP contribution < -0.4 is 0 Å². The predicted octanol–water partition coefficient (Wildman–Crippen LogP) is 3.91. The van der Waals surface area contributed by atoms with E-state index in [2.05, 4.69) is 40.2 Å². The van der Waals surface area contributed by atoms with Gasteiger partial charge < -0.3 is 4.74 Å². The van der Waals surface area contributed by atoms with Gasteiger partial charge in [0.25, 0.3) is 0 Å². The van der Waals surface area contributed by atoms with Crippen LogP contribution in [0.2, 0.25) is 0 Å². The Balaban J connectivity index is 2.28. The highest BCUT2D eigenvalue weighted by molar-refractivity contribution is 9.10. The molecular weight excluding hydrogens is 252 g/mol. The topological polar surface area (TPSA) is 9.23 Å². The second kappa shape index (κ2) is 4.67. The summed E-state index contributed by atoms with van der Waals surface area (Å²) in [5.74, 6) is 0. The first kappa shape index (κ1) is 11.2. The maximum Gasteiger partial charge on any atom is 0.0559 e. The monoisotopic (exact) mass is 268 g/mol. The lowest BCUT2D eigenvalue weighted by Gasteiger charge is -2.28. The summed E-state index contributed by atoms with van der Waals surface area (Å²) < 4.78 is 6.55. The fourth-order valence-corrected chi connectivity index (χ4v) is 2.91. The van der Waals surface area contributed by atoms with Gasteiger partial charge in [-0.15, -0.1) is 0 Å². The third-order valence-electron chi connectivity index (χ3n) is 3.44. The fourth-order valence-electron chi connectivity index (χ4n) is 2.65. The standard InChI is InChI=1S/C13H17BrO/c1-15-10-13(8-2-3-9-13)11-4-6-12(14)7-5-11/h4-7H,2-3,8-10H2,1H3. The van der Waals surface area contributed by atoms with Crippen molar-refractivity contribution in [3.63, 3.8) is 0 Å². The highest BCUT2D eigenvalue weighted by Gasteiger charge is 2.35. The number of hydrogen-bond donors (Lipinski definition) is 0. The Kier molecular flexibility index (Phi) is 3.47. The van der Waals surface area contributed by atoms with Crippen LogP contribution in [0.1, 0.15) is 31.2 Å². The van der Waals surface area contributed by atoms with Crippen LogP contribution in [0.15, 0.2) is 28.7 Å². The van der Waals surface area contributed by atoms with E-state index in [0.717, 1.165) is 11.1 Å². The van der Waals surface area contributed by atoms with E-state index in [1.165, 1.54) is 31.2 Å². The van der Waals surface area contributed by atoms with Crippen LogP contribution in [0.3, 0.4) is 0 Å². The van der Waals surface area contributed by atoms with Gasteiger partial charge in [0.1, 0.15) is 0 Å². The third kappa shape index (κ3) is 2.26. The molecule has 1 fully saturated rings. The number of rotatable bonds is 3. The van der Waals surface area contributed by atoms with Crippen LogP contribution in [-0.2, 0) is 10.2 Å². The molecule has 1 aliphatic rings. The molecule has 1 nitrogen and oxygen atoms in total. The highest BCUT2D eigenvalue weighted by Crippen LogP contribution is 2.41. The van der Waals surface area contributed by atoms with Gasteiger partial charge in [0, 0.05) is 17.0 Å². The van der Waals surface area contributed by atoms with Gasteiger partial charge in [0.15, 0.2) is 0 Å². The van der Waals surface area contributed by atoms with Gasteiger partial charge in [0.2, 0.25) is 0 Å². The van der Waals surface area contributed by atoms with E-state index in [4.69, 9.17) is 4.74 Å². The maximum atomic E-state index is 5.40. The average Bonchev–Trinajstić information content (AvgIpc) is 2.69. The fraction of sp³-hybridized carbons (Fsp3) is 0.538. The molecule has 82 valence electrons. The molecule has 0 aromatic heterocycles. The number of ether oxygens (including phenoxy) is 1. The average molecular weight is 269 g/mol. The number of methoxy groups -OCH3 is 1. The minimum Gasteiger partial charge on any atom is -0.384 e. The lowest BCUT2D eigenvalue weighted by Crippen LogP contribution is -2.27. The maximum absolute atomic E-state index is 5.40. The first-order valence-electron chi connectivity index (χ1n) is 5.52. The van der Waals surface area contributed by atoms with Crippen LogP contribution in [0, 0.1) is 0 Å². The third-order valence-corrected chi connectivity index (χ3v) is 3.97. The molecule has 1 aromatic carbocycles. The van der Waals surface area contributed by atoms with Crippen LogP contribution in [-0.4, -0.2) is 13.7 Å². The Labute approximate surface area is 100.0 Å². The van der Waals surface area contributed by atoms with Crippen molar-refractivity contribution in [3.05, 3.63) is 34.3 Å². The normalized spacial score (nSPS) is 19.3. The summed E-state index contributed by atoms with van der Waals surface area (Å²) in [4.78, 5) is 0. The van der Waals surface area contributed by atoms with Crippen molar-refractivity contribution in [1.82, 2.24) is 0 Å². The zero-order chi connectivity index (χ0) is 10.7. The highest BCUT2D eigenvalue weighted by atomic mass is 79.9. The Morgan fingerprint density at radius 3 is 2.33 bits per heavy atom. The molecule has 0 aliphatic heterocycles. The van der Waals surface area contributed by atoms with Crippen molar-refractivity contribution >= 4 is 15.9 Å². The summed E-state index contributed by atoms with van der Waals surface area (Å²) in [6.45, 7) is 0.856.